The van der Waals surface area contributed by atoms with Gasteiger partial charge in [0.2, 0.25) is 0 Å². The van der Waals surface area contributed by atoms with Gasteiger partial charge in [0.1, 0.15) is 0 Å². The second-order valence-electron chi connectivity index (χ2n) is 5.66. The van der Waals surface area contributed by atoms with E-state index in [1.54, 1.807) is 0 Å². The van der Waals surface area contributed by atoms with E-state index in [0.717, 1.165) is 48.6 Å². The van der Waals surface area contributed by atoms with Crippen LogP contribution in [0.15, 0.2) is 0 Å². The summed E-state index contributed by atoms with van der Waals surface area (Å²) in [6.45, 7) is 5.53. The van der Waals surface area contributed by atoms with Gasteiger partial charge in [0.05, 0.1) is 22.3 Å². The van der Waals surface area contributed by atoms with Gasteiger partial charge in [0, 0.05) is 19.1 Å². The van der Waals surface area contributed by atoms with Gasteiger partial charge in [0.15, 0.2) is 0 Å². The maximum Gasteiger partial charge on any atom is 0.306 e. The number of nitrogens with one attached hydrogen (secondary N) is 1. The highest BCUT2D eigenvalue weighted by Gasteiger charge is 2.27. The molecule has 1 aromatic rings. The van der Waals surface area contributed by atoms with E-state index in [9.17, 15) is 4.79 Å². The Labute approximate surface area is 130 Å². The van der Waals surface area contributed by atoms with Crippen LogP contribution >= 0.6 is 11.6 Å². The number of carboxylic acids is 1. The van der Waals surface area contributed by atoms with Crippen molar-refractivity contribution >= 4 is 17.6 Å². The van der Waals surface area contributed by atoms with Gasteiger partial charge in [-0.05, 0) is 32.6 Å². The van der Waals surface area contributed by atoms with Crippen molar-refractivity contribution in [1.29, 1.82) is 0 Å². The molecule has 21 heavy (non-hydrogen) atoms. The fourth-order valence-corrected chi connectivity index (χ4v) is 3.36. The van der Waals surface area contributed by atoms with Gasteiger partial charge in [-0.25, -0.2) is 0 Å². The number of hydrogen-bond donors (Lipinski definition) is 2. The van der Waals surface area contributed by atoms with Crippen molar-refractivity contribution in [2.45, 2.75) is 65.1 Å². The van der Waals surface area contributed by atoms with Crippen LogP contribution in [0.25, 0.3) is 0 Å². The van der Waals surface area contributed by atoms with Crippen LogP contribution < -0.4 is 5.32 Å². The number of aromatic nitrogens is 2. The van der Waals surface area contributed by atoms with Crippen LogP contribution in [0.5, 0.6) is 0 Å². The molecule has 1 aliphatic rings. The molecule has 6 heteroatoms. The fraction of sp³-hybridized carbons (Fsp3) is 0.733. The summed E-state index contributed by atoms with van der Waals surface area (Å²) in [6.07, 6.45) is 4.32. The third-order valence-electron chi connectivity index (χ3n) is 4.28. The summed E-state index contributed by atoms with van der Waals surface area (Å²) in [7, 11) is 0. The molecule has 0 aliphatic heterocycles. The largest absolute Gasteiger partial charge is 0.481 e. The summed E-state index contributed by atoms with van der Waals surface area (Å²) in [5.74, 6) is -0.889. The van der Waals surface area contributed by atoms with Crippen LogP contribution in [0.1, 0.15) is 50.9 Å². The minimum absolute atomic E-state index is 0.214. The highest BCUT2D eigenvalue weighted by atomic mass is 35.5. The molecule has 2 N–H and O–H groups in total. The molecular formula is C15H24ClN3O2. The number of halogens is 1. The first kappa shape index (κ1) is 16.3. The van der Waals surface area contributed by atoms with Crippen LogP contribution in [-0.2, 0) is 24.3 Å². The average molecular weight is 314 g/mol. The quantitative estimate of drug-likeness (QED) is 0.847. The Morgan fingerprint density at radius 3 is 2.86 bits per heavy atom. The molecule has 0 spiro atoms. The summed E-state index contributed by atoms with van der Waals surface area (Å²) in [5, 5.41) is 17.9. The molecule has 0 saturated heterocycles. The molecule has 1 heterocycles. The number of aliphatic carboxylic acids is 1. The fourth-order valence-electron chi connectivity index (χ4n) is 3.03. The monoisotopic (exact) mass is 313 g/mol. The van der Waals surface area contributed by atoms with Crippen molar-refractivity contribution in [3.63, 3.8) is 0 Å². The topological polar surface area (TPSA) is 67.2 Å². The van der Waals surface area contributed by atoms with Crippen LogP contribution in [0.2, 0.25) is 5.02 Å². The summed E-state index contributed by atoms with van der Waals surface area (Å²) in [5.41, 5.74) is 1.94. The van der Waals surface area contributed by atoms with Crippen molar-refractivity contribution in [1.82, 2.24) is 15.1 Å². The minimum Gasteiger partial charge on any atom is -0.481 e. The summed E-state index contributed by atoms with van der Waals surface area (Å²) in [4.78, 5) is 11.1. The van der Waals surface area contributed by atoms with Crippen molar-refractivity contribution in [3.05, 3.63) is 16.4 Å². The van der Waals surface area contributed by atoms with Crippen LogP contribution in [0.4, 0.5) is 0 Å². The maximum absolute atomic E-state index is 11.1. The number of carbonyl (C=O) groups is 1. The lowest BCUT2D eigenvalue weighted by Crippen LogP contribution is -2.36. The predicted molar refractivity (Wildman–Crippen MR) is 82.5 cm³/mol. The molecule has 0 radical (unpaired) electrons. The van der Waals surface area contributed by atoms with E-state index in [4.69, 9.17) is 16.7 Å². The molecule has 1 aromatic heterocycles. The van der Waals surface area contributed by atoms with Crippen molar-refractivity contribution in [2.24, 2.45) is 5.92 Å². The smallest absolute Gasteiger partial charge is 0.306 e. The Balaban J connectivity index is 1.99. The molecule has 118 valence electrons. The van der Waals surface area contributed by atoms with Gasteiger partial charge in [-0.1, -0.05) is 24.9 Å². The number of aryl methyl sites for hydroxylation is 2. The zero-order chi connectivity index (χ0) is 15.4. The molecule has 2 unspecified atom stereocenters. The first-order valence-electron chi connectivity index (χ1n) is 7.77. The Morgan fingerprint density at radius 1 is 1.48 bits per heavy atom. The summed E-state index contributed by atoms with van der Waals surface area (Å²) >= 11 is 6.39. The standard InChI is InChI=1S/C15H24ClN3O2/c1-3-12-14(16)13(19(4-2)18-12)9-17-11-7-5-6-10(8-11)15(20)21/h10-11,17H,3-9H2,1-2H3,(H,20,21). The first-order valence-corrected chi connectivity index (χ1v) is 8.14. The molecule has 0 aromatic carbocycles. The number of carboxylic acid groups (broad SMARTS) is 1. The average Bonchev–Trinajstić information content (AvgIpc) is 2.81. The molecule has 2 rings (SSSR count). The van der Waals surface area contributed by atoms with E-state index in [1.807, 2.05) is 18.5 Å². The van der Waals surface area contributed by atoms with Gasteiger partial charge in [0.25, 0.3) is 0 Å². The minimum atomic E-state index is -0.675. The van der Waals surface area contributed by atoms with Gasteiger partial charge < -0.3 is 10.4 Å². The van der Waals surface area contributed by atoms with Gasteiger partial charge in [-0.3, -0.25) is 9.48 Å². The van der Waals surface area contributed by atoms with E-state index < -0.39 is 5.97 Å². The molecule has 1 aliphatic carbocycles. The lowest BCUT2D eigenvalue weighted by Gasteiger charge is -2.27. The predicted octanol–water partition coefficient (Wildman–Crippen LogP) is 2.85. The highest BCUT2D eigenvalue weighted by molar-refractivity contribution is 6.31. The van der Waals surface area contributed by atoms with Gasteiger partial charge >= 0.3 is 5.97 Å². The molecule has 0 bridgehead atoms. The summed E-state index contributed by atoms with van der Waals surface area (Å²) in [6, 6.07) is 0.251. The van der Waals surface area contributed by atoms with E-state index in [-0.39, 0.29) is 12.0 Å². The zero-order valence-corrected chi connectivity index (χ0v) is 13.5. The third kappa shape index (κ3) is 3.77. The van der Waals surface area contributed by atoms with Gasteiger partial charge in [-0.2, -0.15) is 5.10 Å². The van der Waals surface area contributed by atoms with E-state index >= 15 is 0 Å². The van der Waals surface area contributed by atoms with E-state index in [2.05, 4.69) is 10.4 Å². The zero-order valence-electron chi connectivity index (χ0n) is 12.7. The van der Waals surface area contributed by atoms with Crippen molar-refractivity contribution < 1.29 is 9.90 Å². The summed E-state index contributed by atoms with van der Waals surface area (Å²) < 4.78 is 1.94. The molecule has 0 amide bonds. The lowest BCUT2D eigenvalue weighted by atomic mass is 9.86. The lowest BCUT2D eigenvalue weighted by molar-refractivity contribution is -0.143. The SMILES string of the molecule is CCc1nn(CC)c(CNC2CCCC(C(=O)O)C2)c1Cl. The second-order valence-corrected chi connectivity index (χ2v) is 6.03. The Bertz CT molecular complexity index is 501. The Morgan fingerprint density at radius 2 is 2.24 bits per heavy atom. The van der Waals surface area contributed by atoms with E-state index in [0.29, 0.717) is 13.0 Å². The molecule has 5 nitrogen and oxygen atoms in total. The second kappa shape index (κ2) is 7.27. The number of nitrogens with zero attached hydrogens (tertiary/aromatic N) is 2. The van der Waals surface area contributed by atoms with Gasteiger partial charge in [-0.15, -0.1) is 0 Å². The van der Waals surface area contributed by atoms with Crippen LogP contribution in [0.3, 0.4) is 0 Å². The van der Waals surface area contributed by atoms with E-state index in [1.165, 1.54) is 0 Å². The normalized spacial score (nSPS) is 22.4. The van der Waals surface area contributed by atoms with Crippen molar-refractivity contribution in [3.8, 4) is 0 Å². The van der Waals surface area contributed by atoms with Crippen LogP contribution in [-0.4, -0.2) is 26.9 Å². The highest BCUT2D eigenvalue weighted by Crippen LogP contribution is 2.26. The molecule has 1 fully saturated rings. The Hall–Kier alpha value is -1.07. The van der Waals surface area contributed by atoms with Crippen LogP contribution in [0, 0.1) is 5.92 Å². The van der Waals surface area contributed by atoms with Crippen molar-refractivity contribution in [2.75, 3.05) is 0 Å². The number of hydrogen-bond acceptors (Lipinski definition) is 3. The first-order chi connectivity index (χ1) is 10.1. The maximum atomic E-state index is 11.1. The molecule has 2 atom stereocenters. The Kier molecular flexibility index (Phi) is 5.65. The molecular weight excluding hydrogens is 290 g/mol. The molecule has 1 saturated carbocycles. The number of rotatable bonds is 6. The third-order valence-corrected chi connectivity index (χ3v) is 4.71.